The molecule has 0 aliphatic carbocycles. The number of carbonyl (C=O) groups is 1. The van der Waals surface area contributed by atoms with Crippen LogP contribution in [-0.4, -0.2) is 20.6 Å². The van der Waals surface area contributed by atoms with Gasteiger partial charge in [0.1, 0.15) is 4.21 Å². The summed E-state index contributed by atoms with van der Waals surface area (Å²) >= 11 is 0.892. The summed E-state index contributed by atoms with van der Waals surface area (Å²) in [5.41, 5.74) is 6.18. The molecule has 0 saturated carbocycles. The molecule has 1 aromatic rings. The van der Waals surface area contributed by atoms with Gasteiger partial charge in [-0.05, 0) is 12.5 Å². The maximum absolute atomic E-state index is 11.4. The molecule has 1 rings (SSSR count). The number of rotatable bonds is 3. The van der Waals surface area contributed by atoms with Crippen molar-refractivity contribution in [2.24, 2.45) is 5.73 Å². The fourth-order valence-corrected chi connectivity index (χ4v) is 3.63. The molecule has 0 aliphatic heterocycles. The van der Waals surface area contributed by atoms with E-state index in [0.29, 0.717) is 11.1 Å². The van der Waals surface area contributed by atoms with Gasteiger partial charge in [-0.1, -0.05) is 12.7 Å². The predicted molar refractivity (Wildman–Crippen MR) is 60.8 cm³/mol. The van der Waals surface area contributed by atoms with Crippen LogP contribution in [0.15, 0.2) is 10.8 Å². The average Bonchev–Trinajstić information content (AvgIpc) is 2.41. The summed E-state index contributed by atoms with van der Waals surface area (Å²) in [4.78, 5) is 11.3. The Labute approximate surface area is 92.3 Å². The Bertz CT molecular complexity index is 526. The van der Waals surface area contributed by atoms with E-state index >= 15 is 0 Å². The van der Waals surface area contributed by atoms with Gasteiger partial charge in [-0.25, -0.2) is 8.42 Å². The first-order valence-corrected chi connectivity index (χ1v) is 6.75. The van der Waals surface area contributed by atoms with Crippen LogP contribution in [0.5, 0.6) is 0 Å². The fraction of sp³-hybridized carbons (Fsp3) is 0.222. The van der Waals surface area contributed by atoms with Gasteiger partial charge in [0, 0.05) is 11.8 Å². The van der Waals surface area contributed by atoms with Crippen LogP contribution in [0.1, 0.15) is 20.8 Å². The lowest BCUT2D eigenvalue weighted by atomic mass is 10.2. The highest BCUT2D eigenvalue weighted by atomic mass is 32.2. The molecule has 1 aromatic heterocycles. The molecule has 0 radical (unpaired) electrons. The van der Waals surface area contributed by atoms with Gasteiger partial charge in [0.05, 0.1) is 4.88 Å². The van der Waals surface area contributed by atoms with Crippen molar-refractivity contribution in [2.75, 3.05) is 6.26 Å². The highest BCUT2D eigenvalue weighted by Crippen LogP contribution is 2.32. The minimum absolute atomic E-state index is 0.142. The minimum atomic E-state index is -3.34. The van der Waals surface area contributed by atoms with Gasteiger partial charge in [-0.15, -0.1) is 11.3 Å². The zero-order valence-electron chi connectivity index (χ0n) is 8.40. The lowest BCUT2D eigenvalue weighted by molar-refractivity contribution is 0.100. The Morgan fingerprint density at radius 1 is 1.53 bits per heavy atom. The van der Waals surface area contributed by atoms with Crippen molar-refractivity contribution >= 4 is 33.2 Å². The molecular formula is C9H11NO3S2. The normalized spacial score (nSPS) is 11.3. The second kappa shape index (κ2) is 3.79. The van der Waals surface area contributed by atoms with E-state index in [0.717, 1.165) is 17.6 Å². The molecule has 0 saturated heterocycles. The monoisotopic (exact) mass is 245 g/mol. The summed E-state index contributed by atoms with van der Waals surface area (Å²) in [6, 6.07) is 0. The standard InChI is InChI=1S/C9H11NO3S2/c1-4-6-5(2)7(8(10)11)14-9(6)15(3,12)13/h4H,1H2,2-3H3,(H2,10,11). The molecule has 2 N–H and O–H groups in total. The van der Waals surface area contributed by atoms with Crippen LogP contribution in [0.4, 0.5) is 0 Å². The van der Waals surface area contributed by atoms with E-state index in [1.807, 2.05) is 0 Å². The lowest BCUT2D eigenvalue weighted by Gasteiger charge is -1.96. The molecule has 0 fully saturated rings. The van der Waals surface area contributed by atoms with Crippen molar-refractivity contribution in [1.29, 1.82) is 0 Å². The van der Waals surface area contributed by atoms with Gasteiger partial charge >= 0.3 is 0 Å². The highest BCUT2D eigenvalue weighted by molar-refractivity contribution is 7.92. The Kier molecular flexibility index (Phi) is 3.01. The summed E-state index contributed by atoms with van der Waals surface area (Å²) in [6.45, 7) is 5.18. The van der Waals surface area contributed by atoms with Crippen molar-refractivity contribution in [2.45, 2.75) is 11.1 Å². The van der Waals surface area contributed by atoms with Crippen molar-refractivity contribution in [3.8, 4) is 0 Å². The molecule has 4 nitrogen and oxygen atoms in total. The Balaban J connectivity index is 3.63. The number of thiophene rings is 1. The molecule has 0 spiro atoms. The van der Waals surface area contributed by atoms with Gasteiger partial charge in [0.2, 0.25) is 0 Å². The van der Waals surface area contributed by atoms with Crippen LogP contribution in [0, 0.1) is 6.92 Å². The van der Waals surface area contributed by atoms with E-state index < -0.39 is 15.7 Å². The van der Waals surface area contributed by atoms with Crippen molar-refractivity contribution < 1.29 is 13.2 Å². The smallest absolute Gasteiger partial charge is 0.259 e. The third-order valence-corrected chi connectivity index (χ3v) is 5.09. The van der Waals surface area contributed by atoms with E-state index in [1.165, 1.54) is 6.08 Å². The van der Waals surface area contributed by atoms with Crippen LogP contribution < -0.4 is 5.73 Å². The van der Waals surface area contributed by atoms with Gasteiger partial charge in [-0.3, -0.25) is 4.79 Å². The Morgan fingerprint density at radius 3 is 2.33 bits per heavy atom. The topological polar surface area (TPSA) is 77.2 Å². The maximum atomic E-state index is 11.4. The van der Waals surface area contributed by atoms with E-state index in [9.17, 15) is 13.2 Å². The van der Waals surface area contributed by atoms with Crippen LogP contribution in [0.3, 0.4) is 0 Å². The number of hydrogen-bond donors (Lipinski definition) is 1. The maximum Gasteiger partial charge on any atom is 0.259 e. The lowest BCUT2D eigenvalue weighted by Crippen LogP contribution is -2.10. The zero-order valence-corrected chi connectivity index (χ0v) is 10.0. The first-order chi connectivity index (χ1) is 6.79. The van der Waals surface area contributed by atoms with Crippen molar-refractivity contribution in [1.82, 2.24) is 0 Å². The molecule has 1 amide bonds. The number of nitrogens with two attached hydrogens (primary N) is 1. The van der Waals surface area contributed by atoms with Crippen molar-refractivity contribution in [3.05, 3.63) is 22.6 Å². The van der Waals surface area contributed by atoms with Crippen LogP contribution in [0.25, 0.3) is 6.08 Å². The number of carbonyl (C=O) groups excluding carboxylic acids is 1. The van der Waals surface area contributed by atoms with E-state index in [2.05, 4.69) is 6.58 Å². The largest absolute Gasteiger partial charge is 0.365 e. The molecule has 0 atom stereocenters. The molecule has 0 aromatic carbocycles. The summed E-state index contributed by atoms with van der Waals surface area (Å²) in [5.74, 6) is -0.615. The first-order valence-electron chi connectivity index (χ1n) is 4.04. The van der Waals surface area contributed by atoms with E-state index in [4.69, 9.17) is 5.73 Å². The quantitative estimate of drug-likeness (QED) is 0.869. The third-order valence-electron chi connectivity index (χ3n) is 1.92. The SMILES string of the molecule is C=Cc1c(S(C)(=O)=O)sc(C(N)=O)c1C. The number of sulfone groups is 1. The predicted octanol–water partition coefficient (Wildman–Crippen LogP) is 1.20. The molecule has 0 aliphatic rings. The average molecular weight is 245 g/mol. The highest BCUT2D eigenvalue weighted by Gasteiger charge is 2.22. The third kappa shape index (κ3) is 2.10. The first kappa shape index (κ1) is 11.9. The molecule has 6 heteroatoms. The molecule has 82 valence electrons. The fourth-order valence-electron chi connectivity index (χ4n) is 1.25. The number of amides is 1. The summed E-state index contributed by atoms with van der Waals surface area (Å²) in [6.07, 6.45) is 2.52. The van der Waals surface area contributed by atoms with Crippen LogP contribution in [0.2, 0.25) is 0 Å². The summed E-state index contributed by atoms with van der Waals surface area (Å²) in [7, 11) is -3.34. The Hall–Kier alpha value is -1.14. The molecule has 15 heavy (non-hydrogen) atoms. The van der Waals surface area contributed by atoms with Crippen LogP contribution >= 0.6 is 11.3 Å². The molecule has 0 unspecified atom stereocenters. The number of hydrogen-bond acceptors (Lipinski definition) is 4. The second-order valence-electron chi connectivity index (χ2n) is 3.10. The van der Waals surface area contributed by atoms with E-state index in [-0.39, 0.29) is 9.09 Å². The van der Waals surface area contributed by atoms with E-state index in [1.54, 1.807) is 6.92 Å². The molecule has 1 heterocycles. The molecular weight excluding hydrogens is 234 g/mol. The minimum Gasteiger partial charge on any atom is -0.365 e. The summed E-state index contributed by atoms with van der Waals surface area (Å²) < 4.78 is 23.0. The van der Waals surface area contributed by atoms with Gasteiger partial charge in [-0.2, -0.15) is 0 Å². The van der Waals surface area contributed by atoms with Gasteiger partial charge in [0.25, 0.3) is 5.91 Å². The number of primary amides is 1. The Morgan fingerprint density at radius 2 is 2.07 bits per heavy atom. The second-order valence-corrected chi connectivity index (χ2v) is 6.33. The van der Waals surface area contributed by atoms with Gasteiger partial charge < -0.3 is 5.73 Å². The zero-order chi connectivity index (χ0) is 11.8. The van der Waals surface area contributed by atoms with Crippen molar-refractivity contribution in [3.63, 3.8) is 0 Å². The summed E-state index contributed by atoms with van der Waals surface area (Å²) in [5, 5.41) is 0. The van der Waals surface area contributed by atoms with Crippen LogP contribution in [-0.2, 0) is 9.84 Å². The molecule has 0 bridgehead atoms. The van der Waals surface area contributed by atoms with Gasteiger partial charge in [0.15, 0.2) is 9.84 Å².